The predicted octanol–water partition coefficient (Wildman–Crippen LogP) is 6.44. The van der Waals surface area contributed by atoms with Gasteiger partial charge >= 0.3 is 6.18 Å². The van der Waals surface area contributed by atoms with Gasteiger partial charge in [0.1, 0.15) is 10.5 Å². The average Bonchev–Trinajstić information content (AvgIpc) is 3.46. The summed E-state index contributed by atoms with van der Waals surface area (Å²) in [5, 5.41) is 18.2. The molecule has 5 nitrogen and oxygen atoms in total. The van der Waals surface area contributed by atoms with Crippen LogP contribution in [0.2, 0.25) is 0 Å². The Kier molecular flexibility index (Phi) is 8.43. The third-order valence-electron chi connectivity index (χ3n) is 5.76. The van der Waals surface area contributed by atoms with Crippen molar-refractivity contribution in [3.8, 4) is 0 Å². The highest BCUT2D eigenvalue weighted by molar-refractivity contribution is 7.09. The lowest BCUT2D eigenvalue weighted by Crippen LogP contribution is -2.22. The molecule has 0 unspecified atom stereocenters. The first kappa shape index (κ1) is 25.8. The van der Waals surface area contributed by atoms with Gasteiger partial charge in [0.15, 0.2) is 0 Å². The van der Waals surface area contributed by atoms with E-state index in [-0.39, 0.29) is 23.2 Å². The smallest absolute Gasteiger partial charge is 0.392 e. The molecular weight excluding hydrogens is 463 g/mol. The first-order chi connectivity index (χ1) is 16.3. The number of nitrogens with zero attached hydrogens (tertiary/aromatic N) is 3. The Bertz CT molecular complexity index is 1080. The van der Waals surface area contributed by atoms with Gasteiger partial charge in [0.05, 0.1) is 18.7 Å². The molecule has 2 heterocycles. The molecule has 0 bridgehead atoms. The van der Waals surface area contributed by atoms with Crippen LogP contribution in [0.1, 0.15) is 71.6 Å². The Labute approximate surface area is 201 Å². The fraction of sp³-hybridized carbons (Fsp3) is 0.400. The maximum atomic E-state index is 13.2. The van der Waals surface area contributed by atoms with Crippen LogP contribution >= 0.6 is 11.3 Å². The van der Waals surface area contributed by atoms with Crippen LogP contribution in [0.4, 0.5) is 18.9 Å². The van der Waals surface area contributed by atoms with Crippen LogP contribution in [0.15, 0.2) is 48.0 Å². The largest absolute Gasteiger partial charge is 0.416 e. The minimum Gasteiger partial charge on any atom is -0.392 e. The van der Waals surface area contributed by atoms with Crippen LogP contribution in [0.3, 0.4) is 0 Å². The number of anilines is 1. The summed E-state index contributed by atoms with van der Waals surface area (Å²) < 4.78 is 39.6. The zero-order valence-electron chi connectivity index (χ0n) is 19.3. The molecule has 2 aliphatic rings. The molecule has 1 N–H and O–H groups in total. The van der Waals surface area contributed by atoms with E-state index in [0.717, 1.165) is 17.9 Å². The number of hydrogen-bond acceptors (Lipinski definition) is 5. The maximum absolute atomic E-state index is 13.2. The van der Waals surface area contributed by atoms with Crippen molar-refractivity contribution in [2.75, 3.05) is 4.90 Å². The molecule has 34 heavy (non-hydrogen) atoms. The summed E-state index contributed by atoms with van der Waals surface area (Å²) in [5.41, 5.74) is 1.54. The molecule has 0 spiro atoms. The number of carbonyl (C=O) groups is 1. The van der Waals surface area contributed by atoms with Crippen molar-refractivity contribution in [2.24, 2.45) is 5.92 Å². The zero-order valence-corrected chi connectivity index (χ0v) is 20.2. The number of carbonyl (C=O) groups excluding carboxylic acids is 1. The van der Waals surface area contributed by atoms with Gasteiger partial charge in [0.2, 0.25) is 0 Å². The van der Waals surface area contributed by atoms with E-state index in [1.165, 1.54) is 28.8 Å². The van der Waals surface area contributed by atoms with Gasteiger partial charge in [-0.15, -0.1) is 21.5 Å². The average molecular weight is 492 g/mol. The monoisotopic (exact) mass is 491 g/mol. The Morgan fingerprint density at radius 1 is 1.15 bits per heavy atom. The van der Waals surface area contributed by atoms with Crippen molar-refractivity contribution in [2.45, 2.75) is 58.9 Å². The van der Waals surface area contributed by atoms with Crippen LogP contribution in [0, 0.1) is 5.92 Å². The number of para-hydroxylation sites is 1. The van der Waals surface area contributed by atoms with Gasteiger partial charge in [-0.05, 0) is 54.2 Å². The summed E-state index contributed by atoms with van der Waals surface area (Å²) in [6, 6.07) is 10.8. The highest BCUT2D eigenvalue weighted by atomic mass is 32.1. The molecule has 1 aliphatic heterocycles. The van der Waals surface area contributed by atoms with Gasteiger partial charge in [-0.3, -0.25) is 4.79 Å². The van der Waals surface area contributed by atoms with Gasteiger partial charge in [-0.1, -0.05) is 39.0 Å². The highest BCUT2D eigenvalue weighted by Crippen LogP contribution is 2.41. The second kappa shape index (κ2) is 11.1. The van der Waals surface area contributed by atoms with E-state index < -0.39 is 24.3 Å². The second-order valence-electron chi connectivity index (χ2n) is 8.10. The number of fused-ring (bicyclic) bond motifs is 1. The molecule has 2 aromatic carbocycles. The lowest BCUT2D eigenvalue weighted by Gasteiger charge is -2.30. The number of alkyl halides is 3. The van der Waals surface area contributed by atoms with Gasteiger partial charge < -0.3 is 10.0 Å². The van der Waals surface area contributed by atoms with E-state index >= 15 is 0 Å². The van der Waals surface area contributed by atoms with E-state index in [1.54, 1.807) is 41.7 Å². The number of hydrogen-bond donors (Lipinski definition) is 1. The van der Waals surface area contributed by atoms with Gasteiger partial charge in [0, 0.05) is 17.2 Å². The van der Waals surface area contributed by atoms with Gasteiger partial charge in [0.25, 0.3) is 5.91 Å². The fourth-order valence-electron chi connectivity index (χ4n) is 4.09. The van der Waals surface area contributed by atoms with Crippen LogP contribution in [-0.2, 0) is 19.3 Å². The molecule has 1 fully saturated rings. The quantitative estimate of drug-likeness (QED) is 0.458. The Morgan fingerprint density at radius 3 is 2.35 bits per heavy atom. The molecule has 1 saturated carbocycles. The van der Waals surface area contributed by atoms with Crippen molar-refractivity contribution >= 4 is 22.9 Å². The number of amides is 1. The number of aliphatic hydroxyl groups is 1. The van der Waals surface area contributed by atoms with Crippen molar-refractivity contribution in [3.63, 3.8) is 0 Å². The van der Waals surface area contributed by atoms with E-state index in [2.05, 4.69) is 17.1 Å². The highest BCUT2D eigenvalue weighted by Gasteiger charge is 2.40. The summed E-state index contributed by atoms with van der Waals surface area (Å²) in [6.07, 6.45) is -1.94. The lowest BCUT2D eigenvalue weighted by molar-refractivity contribution is -0.138. The van der Waals surface area contributed by atoms with E-state index in [1.807, 2.05) is 19.4 Å². The van der Waals surface area contributed by atoms with Crippen molar-refractivity contribution in [1.29, 1.82) is 0 Å². The molecule has 5 rings (SSSR count). The SMILES string of the molecule is CC.CC1CC(c2nncs2)C1.O=C1c2cc(CO)cc(C(F)(F)F)c2CN1c1ccccc1. The summed E-state index contributed by atoms with van der Waals surface area (Å²) >= 11 is 1.69. The Balaban J connectivity index is 0.000000224. The van der Waals surface area contributed by atoms with Gasteiger partial charge in [-0.2, -0.15) is 13.2 Å². The van der Waals surface area contributed by atoms with E-state index in [0.29, 0.717) is 5.69 Å². The summed E-state index contributed by atoms with van der Waals surface area (Å²) in [5.74, 6) is 1.17. The number of rotatable bonds is 3. The van der Waals surface area contributed by atoms with Crippen LogP contribution in [0.25, 0.3) is 0 Å². The normalized spacial score (nSPS) is 18.8. The van der Waals surface area contributed by atoms with E-state index in [4.69, 9.17) is 5.11 Å². The molecule has 1 aliphatic carbocycles. The topological polar surface area (TPSA) is 66.3 Å². The first-order valence-electron chi connectivity index (χ1n) is 11.2. The Morgan fingerprint density at radius 2 is 1.82 bits per heavy atom. The standard InChI is InChI=1S/C16H12F3NO2.C7H10N2S.C2H6/c17-16(18,19)14-7-10(9-21)6-12-13(14)8-20(15(12)22)11-4-2-1-3-5-11;1-5-2-6(3-5)7-9-8-4-10-7;1-2/h1-7,21H,8-9H2;4-6H,2-3H2,1H3;1-2H3. The molecular formula is C25H28F3N3O2S. The minimum absolute atomic E-state index is 0.00253. The molecule has 0 radical (unpaired) electrons. The lowest BCUT2D eigenvalue weighted by atomic mass is 9.77. The Hall–Kier alpha value is -2.78. The van der Waals surface area contributed by atoms with Crippen molar-refractivity contribution in [3.05, 3.63) is 75.2 Å². The third kappa shape index (κ3) is 5.64. The molecule has 0 atom stereocenters. The summed E-state index contributed by atoms with van der Waals surface area (Å²) in [6.45, 7) is 5.62. The predicted molar refractivity (Wildman–Crippen MR) is 127 cm³/mol. The number of aliphatic hydroxyl groups excluding tert-OH is 1. The number of aromatic nitrogens is 2. The summed E-state index contributed by atoms with van der Waals surface area (Å²) in [7, 11) is 0. The molecule has 1 aromatic heterocycles. The van der Waals surface area contributed by atoms with Crippen molar-refractivity contribution < 1.29 is 23.1 Å². The summed E-state index contributed by atoms with van der Waals surface area (Å²) in [4.78, 5) is 13.7. The van der Waals surface area contributed by atoms with E-state index in [9.17, 15) is 18.0 Å². The zero-order chi connectivity index (χ0) is 24.9. The molecule has 3 aromatic rings. The maximum Gasteiger partial charge on any atom is 0.416 e. The van der Waals surface area contributed by atoms with Crippen LogP contribution in [0.5, 0.6) is 0 Å². The molecule has 9 heteroatoms. The number of halogens is 3. The fourth-order valence-corrected chi connectivity index (χ4v) is 4.77. The molecule has 182 valence electrons. The molecule has 0 saturated heterocycles. The van der Waals surface area contributed by atoms with Crippen LogP contribution < -0.4 is 4.90 Å². The van der Waals surface area contributed by atoms with Crippen molar-refractivity contribution in [1.82, 2.24) is 10.2 Å². The number of benzene rings is 2. The van der Waals surface area contributed by atoms with Crippen LogP contribution in [-0.4, -0.2) is 21.2 Å². The first-order valence-corrected chi connectivity index (χ1v) is 12.1. The third-order valence-corrected chi connectivity index (χ3v) is 6.61. The van der Waals surface area contributed by atoms with Gasteiger partial charge in [-0.25, -0.2) is 0 Å². The molecule has 1 amide bonds. The minimum atomic E-state index is -4.57. The second-order valence-corrected chi connectivity index (χ2v) is 8.97.